The van der Waals surface area contributed by atoms with Crippen molar-refractivity contribution in [2.24, 2.45) is 0 Å². The van der Waals surface area contributed by atoms with Gasteiger partial charge in [0.1, 0.15) is 11.2 Å². The number of piperidine rings is 1. The standard InChI is InChI=1S/C18H22N6O2.ClH/c1-10-15(18-22-21-17(26-18)12-3-2-4-12)16-20-14(25)9-13(24(16)23-10)11-5-7-19-8-6-11;/h9,11-12,19H,2-8H2,1H3,(H,20,25);1H. The van der Waals surface area contributed by atoms with Crippen LogP contribution < -0.4 is 10.9 Å². The SMILES string of the molecule is Cc1nn2c(C3CCNCC3)cc(=O)[nH]c2c1-c1nnc(C2CCC2)o1.Cl. The maximum atomic E-state index is 12.3. The van der Waals surface area contributed by atoms with Crippen LogP contribution in [0.15, 0.2) is 15.3 Å². The van der Waals surface area contributed by atoms with Gasteiger partial charge in [-0.1, -0.05) is 6.42 Å². The predicted molar refractivity (Wildman–Crippen MR) is 103 cm³/mol. The van der Waals surface area contributed by atoms with Crippen molar-refractivity contribution in [3.63, 3.8) is 0 Å². The summed E-state index contributed by atoms with van der Waals surface area (Å²) in [5, 5.41) is 16.5. The smallest absolute Gasteiger partial charge is 0.253 e. The average Bonchev–Trinajstić information content (AvgIpc) is 3.17. The maximum absolute atomic E-state index is 12.3. The van der Waals surface area contributed by atoms with Gasteiger partial charge in [0.2, 0.25) is 5.89 Å². The van der Waals surface area contributed by atoms with Gasteiger partial charge in [0.25, 0.3) is 11.4 Å². The molecule has 0 unspecified atom stereocenters. The molecule has 9 heteroatoms. The summed E-state index contributed by atoms with van der Waals surface area (Å²) in [5.41, 5.74) is 3.00. The van der Waals surface area contributed by atoms with Crippen LogP contribution in [0.1, 0.15) is 61.2 Å². The van der Waals surface area contributed by atoms with E-state index in [4.69, 9.17) is 9.52 Å². The van der Waals surface area contributed by atoms with Gasteiger partial charge in [-0.05, 0) is 45.7 Å². The number of hydrogen-bond donors (Lipinski definition) is 2. The van der Waals surface area contributed by atoms with Crippen LogP contribution in [0.4, 0.5) is 0 Å². The summed E-state index contributed by atoms with van der Waals surface area (Å²) in [6, 6.07) is 1.67. The van der Waals surface area contributed by atoms with Gasteiger partial charge in [0.15, 0.2) is 0 Å². The van der Waals surface area contributed by atoms with Crippen molar-refractivity contribution >= 4 is 18.1 Å². The van der Waals surface area contributed by atoms with Crippen molar-refractivity contribution in [3.05, 3.63) is 33.7 Å². The van der Waals surface area contributed by atoms with E-state index in [0.717, 1.165) is 55.7 Å². The number of halogens is 1. The first-order valence-electron chi connectivity index (χ1n) is 9.38. The Morgan fingerprint density at radius 2 is 1.93 bits per heavy atom. The van der Waals surface area contributed by atoms with E-state index in [0.29, 0.717) is 29.3 Å². The Bertz CT molecular complexity index is 1010. The second-order valence-corrected chi connectivity index (χ2v) is 7.38. The maximum Gasteiger partial charge on any atom is 0.253 e. The van der Waals surface area contributed by atoms with E-state index in [9.17, 15) is 4.79 Å². The number of fused-ring (bicyclic) bond motifs is 1. The highest BCUT2D eigenvalue weighted by Gasteiger charge is 2.28. The number of nitrogens with zero attached hydrogens (tertiary/aromatic N) is 4. The lowest BCUT2D eigenvalue weighted by molar-refractivity contribution is 0.338. The fourth-order valence-electron chi connectivity index (χ4n) is 4.00. The average molecular weight is 391 g/mol. The summed E-state index contributed by atoms with van der Waals surface area (Å²) in [4.78, 5) is 15.3. The molecule has 0 amide bonds. The topological polar surface area (TPSA) is 101 Å². The third-order valence-electron chi connectivity index (χ3n) is 5.69. The van der Waals surface area contributed by atoms with Crippen LogP contribution in [0.5, 0.6) is 0 Å². The summed E-state index contributed by atoms with van der Waals surface area (Å²) in [5.74, 6) is 1.84. The second kappa shape index (κ2) is 7.09. The molecule has 1 saturated carbocycles. The van der Waals surface area contributed by atoms with Crippen LogP contribution in [-0.2, 0) is 0 Å². The Morgan fingerprint density at radius 1 is 1.15 bits per heavy atom. The molecule has 8 nitrogen and oxygen atoms in total. The van der Waals surface area contributed by atoms with Crippen molar-refractivity contribution in [1.82, 2.24) is 30.1 Å². The molecule has 3 aromatic heterocycles. The Hall–Kier alpha value is -2.19. The molecule has 3 aromatic rings. The third kappa shape index (κ3) is 3.06. The molecule has 144 valence electrons. The van der Waals surface area contributed by atoms with Crippen LogP contribution in [0.3, 0.4) is 0 Å². The summed E-state index contributed by atoms with van der Waals surface area (Å²) < 4.78 is 7.79. The van der Waals surface area contributed by atoms with E-state index in [1.807, 2.05) is 11.4 Å². The Kier molecular flexibility index (Phi) is 4.77. The zero-order valence-electron chi connectivity index (χ0n) is 15.2. The molecule has 5 rings (SSSR count). The summed E-state index contributed by atoms with van der Waals surface area (Å²) in [7, 11) is 0. The zero-order valence-corrected chi connectivity index (χ0v) is 16.0. The van der Waals surface area contributed by atoms with Crippen molar-refractivity contribution in [1.29, 1.82) is 0 Å². The van der Waals surface area contributed by atoms with Crippen molar-refractivity contribution in [2.45, 2.75) is 50.9 Å². The number of rotatable bonds is 3. The second-order valence-electron chi connectivity index (χ2n) is 7.38. The first kappa shape index (κ1) is 18.2. The van der Waals surface area contributed by atoms with Crippen LogP contribution in [0.25, 0.3) is 17.1 Å². The van der Waals surface area contributed by atoms with Gasteiger partial charge >= 0.3 is 0 Å². The summed E-state index contributed by atoms with van der Waals surface area (Å²) in [6.45, 7) is 3.83. The lowest BCUT2D eigenvalue weighted by Crippen LogP contribution is -2.28. The van der Waals surface area contributed by atoms with Crippen LogP contribution in [0, 0.1) is 6.92 Å². The number of H-pyrrole nitrogens is 1. The highest BCUT2D eigenvalue weighted by molar-refractivity contribution is 5.85. The van der Waals surface area contributed by atoms with E-state index in [1.165, 1.54) is 6.42 Å². The largest absolute Gasteiger partial charge is 0.420 e. The normalized spacial score (nSPS) is 18.4. The van der Waals surface area contributed by atoms with Gasteiger partial charge in [-0.3, -0.25) is 4.79 Å². The van der Waals surface area contributed by atoms with Crippen molar-refractivity contribution < 1.29 is 4.42 Å². The van der Waals surface area contributed by atoms with Gasteiger partial charge in [-0.15, -0.1) is 22.6 Å². The minimum atomic E-state index is -0.120. The number of hydrogen-bond acceptors (Lipinski definition) is 6. The Morgan fingerprint density at radius 3 is 2.63 bits per heavy atom. The molecule has 0 spiro atoms. The van der Waals surface area contributed by atoms with Crippen molar-refractivity contribution in [3.8, 4) is 11.5 Å². The molecule has 1 aliphatic carbocycles. The molecule has 0 bridgehead atoms. The molecular weight excluding hydrogens is 368 g/mol. The molecule has 1 aliphatic heterocycles. The quantitative estimate of drug-likeness (QED) is 0.712. The predicted octanol–water partition coefficient (Wildman–Crippen LogP) is 2.54. The number of aromatic amines is 1. The molecule has 1 saturated heterocycles. The number of nitrogens with one attached hydrogen (secondary N) is 2. The Labute approximate surface area is 162 Å². The number of aryl methyl sites for hydroxylation is 1. The zero-order chi connectivity index (χ0) is 17.7. The van der Waals surface area contributed by atoms with E-state index in [1.54, 1.807) is 6.07 Å². The Balaban J connectivity index is 0.00000180. The molecule has 2 aliphatic rings. The number of aromatic nitrogens is 5. The van der Waals surface area contributed by atoms with Gasteiger partial charge in [-0.2, -0.15) is 5.10 Å². The lowest BCUT2D eigenvalue weighted by atomic mass is 9.85. The summed E-state index contributed by atoms with van der Waals surface area (Å²) in [6.07, 6.45) is 5.42. The third-order valence-corrected chi connectivity index (χ3v) is 5.69. The molecule has 27 heavy (non-hydrogen) atoms. The fraction of sp³-hybridized carbons (Fsp3) is 0.556. The first-order chi connectivity index (χ1) is 12.7. The molecule has 2 fully saturated rings. The van der Waals surface area contributed by atoms with Gasteiger partial charge < -0.3 is 14.7 Å². The minimum Gasteiger partial charge on any atom is -0.420 e. The molecule has 0 atom stereocenters. The van der Waals surface area contributed by atoms with Crippen LogP contribution in [0.2, 0.25) is 0 Å². The van der Waals surface area contributed by atoms with Crippen molar-refractivity contribution in [2.75, 3.05) is 13.1 Å². The molecule has 4 heterocycles. The van der Waals surface area contributed by atoms with E-state index in [-0.39, 0.29) is 18.0 Å². The van der Waals surface area contributed by atoms with Crippen LogP contribution in [-0.4, -0.2) is 37.9 Å². The molecule has 0 radical (unpaired) electrons. The highest BCUT2D eigenvalue weighted by atomic mass is 35.5. The monoisotopic (exact) mass is 390 g/mol. The van der Waals surface area contributed by atoms with E-state index >= 15 is 0 Å². The summed E-state index contributed by atoms with van der Waals surface area (Å²) >= 11 is 0. The molecule has 0 aromatic carbocycles. The first-order valence-corrected chi connectivity index (χ1v) is 9.38. The van der Waals surface area contributed by atoms with E-state index in [2.05, 4.69) is 20.5 Å². The van der Waals surface area contributed by atoms with Crippen LogP contribution >= 0.6 is 12.4 Å². The minimum absolute atomic E-state index is 0. The van der Waals surface area contributed by atoms with Gasteiger partial charge in [0, 0.05) is 17.9 Å². The molecule has 2 N–H and O–H groups in total. The lowest BCUT2D eigenvalue weighted by Gasteiger charge is -2.23. The van der Waals surface area contributed by atoms with Gasteiger partial charge in [-0.25, -0.2) is 4.52 Å². The van der Waals surface area contributed by atoms with E-state index < -0.39 is 0 Å². The molecular formula is C18H23ClN6O2. The fourth-order valence-corrected chi connectivity index (χ4v) is 4.00. The van der Waals surface area contributed by atoms with Gasteiger partial charge in [0.05, 0.1) is 11.4 Å². The highest BCUT2D eigenvalue weighted by Crippen LogP contribution is 2.37.